The van der Waals surface area contributed by atoms with Crippen LogP contribution in [0.1, 0.15) is 69.8 Å². The molecule has 0 unspecified atom stereocenters. The number of likely N-dealkylation sites (tertiary alicyclic amines) is 1. The van der Waals surface area contributed by atoms with Gasteiger partial charge in [0.25, 0.3) is 5.91 Å². The summed E-state index contributed by atoms with van der Waals surface area (Å²) in [5, 5.41) is 9.51. The largest absolute Gasteiger partial charge is 0.342 e. The Morgan fingerprint density at radius 2 is 1.82 bits per heavy atom. The number of carbonyl (C=O) groups excluding carboxylic acids is 3. The molecule has 4 atom stereocenters. The second-order valence-corrected chi connectivity index (χ2v) is 11.2. The molecular weight excluding hydrogens is 430 g/mol. The lowest BCUT2D eigenvalue weighted by atomic mass is 9.82. The van der Waals surface area contributed by atoms with Crippen molar-refractivity contribution in [2.45, 2.75) is 77.4 Å². The van der Waals surface area contributed by atoms with Gasteiger partial charge in [-0.2, -0.15) is 0 Å². The van der Waals surface area contributed by atoms with Crippen molar-refractivity contribution in [2.75, 3.05) is 19.6 Å². The Hall–Kier alpha value is -2.48. The molecule has 8 nitrogen and oxygen atoms in total. The molecule has 0 radical (unpaired) electrons. The smallest absolute Gasteiger partial charge is 0.270 e. The molecule has 1 saturated carbocycles. The van der Waals surface area contributed by atoms with Crippen molar-refractivity contribution < 1.29 is 14.4 Å². The maximum Gasteiger partial charge on any atom is 0.270 e. The first kappa shape index (κ1) is 24.6. The molecule has 0 spiro atoms. The number of fused-ring (bicyclic) bond motifs is 1. The third kappa shape index (κ3) is 5.59. The predicted octanol–water partition coefficient (Wildman–Crippen LogP) is 2.11. The molecule has 1 aromatic rings. The number of pyridine rings is 1. The monoisotopic (exact) mass is 469 g/mol. The number of aromatic nitrogens is 1. The van der Waals surface area contributed by atoms with Crippen molar-refractivity contribution >= 4 is 17.7 Å². The normalized spacial score (nSPS) is 24.9. The highest BCUT2D eigenvalue weighted by Gasteiger charge is 2.44. The van der Waals surface area contributed by atoms with Crippen LogP contribution in [0.5, 0.6) is 0 Å². The molecule has 1 aliphatic carbocycles. The maximum atomic E-state index is 13.7. The molecule has 2 aliphatic heterocycles. The molecule has 8 heteroatoms. The summed E-state index contributed by atoms with van der Waals surface area (Å²) in [6, 6.07) is 4.16. The van der Waals surface area contributed by atoms with E-state index < -0.39 is 17.5 Å². The van der Waals surface area contributed by atoms with Gasteiger partial charge in [0, 0.05) is 25.3 Å². The maximum absolute atomic E-state index is 13.7. The van der Waals surface area contributed by atoms with E-state index >= 15 is 0 Å². The lowest BCUT2D eigenvalue weighted by Crippen LogP contribution is -2.60. The minimum absolute atomic E-state index is 0.0319. The highest BCUT2D eigenvalue weighted by molar-refractivity contribution is 5.97. The molecule has 3 fully saturated rings. The molecule has 3 heterocycles. The molecule has 3 N–H and O–H groups in total. The number of hydrogen-bond acceptors (Lipinski definition) is 5. The summed E-state index contributed by atoms with van der Waals surface area (Å²) < 4.78 is 0. The number of amides is 3. The first-order valence-electron chi connectivity index (χ1n) is 12.8. The third-order valence-corrected chi connectivity index (χ3v) is 7.66. The van der Waals surface area contributed by atoms with Gasteiger partial charge >= 0.3 is 0 Å². The number of hydrogen-bond donors (Lipinski definition) is 3. The SMILES string of the molecule is CC(C)(C)[C@H](NC(=O)[C@@H](NC(=O)c1ccccn1)C1CCCCC1)C(=O)N1C[C@@H]2CCN[C@@H]2C1. The lowest BCUT2D eigenvalue weighted by molar-refractivity contribution is -0.139. The number of nitrogens with one attached hydrogen (secondary N) is 3. The molecular formula is C26H39N5O3. The summed E-state index contributed by atoms with van der Waals surface area (Å²) in [5.74, 6) is -0.124. The highest BCUT2D eigenvalue weighted by Crippen LogP contribution is 2.30. The Balaban J connectivity index is 1.50. The topological polar surface area (TPSA) is 103 Å². The highest BCUT2D eigenvalue weighted by atomic mass is 16.2. The van der Waals surface area contributed by atoms with E-state index in [0.29, 0.717) is 18.5 Å². The molecule has 2 saturated heterocycles. The molecule has 3 amide bonds. The van der Waals surface area contributed by atoms with Gasteiger partial charge in [-0.15, -0.1) is 0 Å². The quantitative estimate of drug-likeness (QED) is 0.592. The molecule has 3 aliphatic rings. The van der Waals surface area contributed by atoms with Crippen LogP contribution >= 0.6 is 0 Å². The molecule has 1 aromatic heterocycles. The van der Waals surface area contributed by atoms with Crippen LogP contribution in [0.25, 0.3) is 0 Å². The van der Waals surface area contributed by atoms with Crippen LogP contribution in [0, 0.1) is 17.3 Å². The van der Waals surface area contributed by atoms with Crippen LogP contribution in [0.4, 0.5) is 0 Å². The van der Waals surface area contributed by atoms with Crippen LogP contribution < -0.4 is 16.0 Å². The molecule has 34 heavy (non-hydrogen) atoms. The van der Waals surface area contributed by atoms with Gasteiger partial charge in [-0.05, 0) is 55.2 Å². The second kappa shape index (κ2) is 10.4. The van der Waals surface area contributed by atoms with Crippen molar-refractivity contribution in [3.8, 4) is 0 Å². The zero-order valence-corrected chi connectivity index (χ0v) is 20.7. The zero-order valence-electron chi connectivity index (χ0n) is 20.7. The van der Waals surface area contributed by atoms with Gasteiger partial charge in [-0.3, -0.25) is 19.4 Å². The fourth-order valence-corrected chi connectivity index (χ4v) is 5.67. The third-order valence-electron chi connectivity index (χ3n) is 7.66. The van der Waals surface area contributed by atoms with Crippen molar-refractivity contribution in [1.29, 1.82) is 0 Å². The van der Waals surface area contributed by atoms with Gasteiger partial charge in [0.2, 0.25) is 11.8 Å². The van der Waals surface area contributed by atoms with Crippen LogP contribution in [-0.4, -0.2) is 65.4 Å². The molecule has 4 rings (SSSR count). The predicted molar refractivity (Wildman–Crippen MR) is 130 cm³/mol. The summed E-state index contributed by atoms with van der Waals surface area (Å²) in [5.41, 5.74) is -0.171. The Bertz CT molecular complexity index is 866. The van der Waals surface area contributed by atoms with Gasteiger partial charge < -0.3 is 20.9 Å². The zero-order chi connectivity index (χ0) is 24.3. The van der Waals surface area contributed by atoms with Crippen LogP contribution in [0.2, 0.25) is 0 Å². The van der Waals surface area contributed by atoms with Gasteiger partial charge in [0.1, 0.15) is 17.8 Å². The van der Waals surface area contributed by atoms with Crippen molar-refractivity contribution in [2.24, 2.45) is 17.3 Å². The van der Waals surface area contributed by atoms with E-state index in [1.54, 1.807) is 24.4 Å². The lowest BCUT2D eigenvalue weighted by Gasteiger charge is -2.36. The van der Waals surface area contributed by atoms with Crippen molar-refractivity contribution in [1.82, 2.24) is 25.8 Å². The van der Waals surface area contributed by atoms with E-state index in [0.717, 1.165) is 51.6 Å². The summed E-state index contributed by atoms with van der Waals surface area (Å²) in [6.07, 6.45) is 7.65. The van der Waals surface area contributed by atoms with Gasteiger partial charge in [-0.25, -0.2) is 0 Å². The van der Waals surface area contributed by atoms with Gasteiger partial charge in [-0.1, -0.05) is 46.1 Å². The number of nitrogens with zero attached hydrogens (tertiary/aromatic N) is 2. The summed E-state index contributed by atoms with van der Waals surface area (Å²) in [7, 11) is 0. The summed E-state index contributed by atoms with van der Waals surface area (Å²) in [6.45, 7) is 8.37. The van der Waals surface area contributed by atoms with Gasteiger partial charge in [0.15, 0.2) is 0 Å². The average molecular weight is 470 g/mol. The number of carbonyl (C=O) groups is 3. The molecule has 186 valence electrons. The summed E-state index contributed by atoms with van der Waals surface area (Å²) >= 11 is 0. The number of rotatable bonds is 6. The molecule has 0 aromatic carbocycles. The Morgan fingerprint density at radius 1 is 1.06 bits per heavy atom. The minimum atomic E-state index is -0.688. The van der Waals surface area contributed by atoms with E-state index in [4.69, 9.17) is 0 Å². The standard InChI is InChI=1S/C26H39N5O3/c1-26(2,3)22(25(34)31-15-18-12-14-28-20(18)16-31)30-24(33)21(17-9-5-4-6-10-17)29-23(32)19-11-7-8-13-27-19/h7-8,11,13,17-18,20-22,28H,4-6,9-10,12,14-16H2,1-3H3,(H,29,32)(H,30,33)/t18-,20+,21-,22+/m0/s1. The van der Waals surface area contributed by atoms with E-state index in [9.17, 15) is 14.4 Å². The Labute approximate surface area is 202 Å². The Kier molecular flexibility index (Phi) is 7.55. The van der Waals surface area contributed by atoms with Crippen LogP contribution in [0.3, 0.4) is 0 Å². The second-order valence-electron chi connectivity index (χ2n) is 11.2. The van der Waals surface area contributed by atoms with E-state index in [1.165, 1.54) is 0 Å². The van der Waals surface area contributed by atoms with Crippen LogP contribution in [-0.2, 0) is 9.59 Å². The van der Waals surface area contributed by atoms with Crippen molar-refractivity contribution in [3.05, 3.63) is 30.1 Å². The van der Waals surface area contributed by atoms with Gasteiger partial charge in [0.05, 0.1) is 0 Å². The first-order chi connectivity index (χ1) is 16.2. The fraction of sp³-hybridized carbons (Fsp3) is 0.692. The van der Waals surface area contributed by atoms with E-state index in [-0.39, 0.29) is 29.3 Å². The van der Waals surface area contributed by atoms with Crippen molar-refractivity contribution in [3.63, 3.8) is 0 Å². The first-order valence-corrected chi connectivity index (χ1v) is 12.8. The summed E-state index contributed by atoms with van der Waals surface area (Å²) in [4.78, 5) is 46.2. The fourth-order valence-electron chi connectivity index (χ4n) is 5.67. The van der Waals surface area contributed by atoms with E-state index in [2.05, 4.69) is 20.9 Å². The average Bonchev–Trinajstić information content (AvgIpc) is 3.43. The molecule has 0 bridgehead atoms. The minimum Gasteiger partial charge on any atom is -0.342 e. The van der Waals surface area contributed by atoms with Crippen LogP contribution in [0.15, 0.2) is 24.4 Å². The van der Waals surface area contributed by atoms with E-state index in [1.807, 2.05) is 25.7 Å². The Morgan fingerprint density at radius 3 is 2.47 bits per heavy atom.